The highest BCUT2D eigenvalue weighted by molar-refractivity contribution is 5.47. The Morgan fingerprint density at radius 1 is 0.542 bits per heavy atom. The summed E-state index contributed by atoms with van der Waals surface area (Å²) < 4.78 is 0. The first-order valence-electron chi connectivity index (χ1n) is 10.9. The second-order valence-electron chi connectivity index (χ2n) is 7.52. The van der Waals surface area contributed by atoms with Crippen molar-refractivity contribution in [2.75, 3.05) is 13.6 Å². The summed E-state index contributed by atoms with van der Waals surface area (Å²) in [4.78, 5) is 11.9. The molecule has 0 aliphatic heterocycles. The minimum absolute atomic E-state index is 0.863. The molecule has 1 radical (unpaired) electrons. The second kappa shape index (κ2) is 20.5. The smallest absolute Gasteiger partial charge is 0.311 e. The van der Waals surface area contributed by atoms with Crippen LogP contribution in [-0.2, 0) is 4.79 Å². The predicted molar refractivity (Wildman–Crippen MR) is 107 cm³/mol. The van der Waals surface area contributed by atoms with Crippen molar-refractivity contribution in [1.29, 1.82) is 0 Å². The lowest BCUT2D eigenvalue weighted by Crippen LogP contribution is -2.16. The Morgan fingerprint density at radius 2 is 0.833 bits per heavy atom. The van der Waals surface area contributed by atoms with Crippen molar-refractivity contribution < 1.29 is 4.79 Å². The van der Waals surface area contributed by atoms with E-state index in [1.165, 1.54) is 109 Å². The summed E-state index contributed by atoms with van der Waals surface area (Å²) in [6.07, 6.45) is 27.1. The van der Waals surface area contributed by atoms with Gasteiger partial charge in [-0.05, 0) is 6.42 Å². The number of nitrogens with zero attached hydrogens (tertiary/aromatic N) is 1. The normalized spacial score (nSPS) is 10.9. The third-order valence-electron chi connectivity index (χ3n) is 5.00. The standard InChI is InChI=1S/C22H44NO/c1-3-4-5-6-7-8-9-10-11-12-13-14-15-16-17-18-19-20-21-23(2)22-24/h3-21H2,1-2H3. The minimum atomic E-state index is 0.863. The van der Waals surface area contributed by atoms with Crippen molar-refractivity contribution in [2.45, 2.75) is 122 Å². The van der Waals surface area contributed by atoms with E-state index >= 15 is 0 Å². The average molecular weight is 339 g/mol. The number of hydrogen-bond donors (Lipinski definition) is 0. The highest BCUT2D eigenvalue weighted by Gasteiger charge is 1.96. The van der Waals surface area contributed by atoms with E-state index in [2.05, 4.69) is 6.92 Å². The zero-order valence-corrected chi connectivity index (χ0v) is 16.8. The Bertz CT molecular complexity index is 242. The molecule has 0 aliphatic carbocycles. The van der Waals surface area contributed by atoms with Gasteiger partial charge in [0, 0.05) is 13.6 Å². The lowest BCUT2D eigenvalue weighted by Gasteiger charge is -2.08. The predicted octanol–water partition coefficient (Wildman–Crippen LogP) is 7.03. The zero-order chi connectivity index (χ0) is 17.7. The molecule has 0 atom stereocenters. The van der Waals surface area contributed by atoms with Gasteiger partial charge in [-0.15, -0.1) is 0 Å². The van der Waals surface area contributed by atoms with Crippen LogP contribution in [0.3, 0.4) is 0 Å². The molecule has 0 bridgehead atoms. The molecule has 2 nitrogen and oxygen atoms in total. The molecule has 0 fully saturated rings. The molecule has 0 N–H and O–H groups in total. The molecule has 0 aliphatic rings. The van der Waals surface area contributed by atoms with E-state index in [9.17, 15) is 4.79 Å². The third kappa shape index (κ3) is 19.5. The van der Waals surface area contributed by atoms with Crippen LogP contribution in [0.25, 0.3) is 0 Å². The van der Waals surface area contributed by atoms with Gasteiger partial charge in [0.25, 0.3) is 0 Å². The quantitative estimate of drug-likeness (QED) is 0.172. The van der Waals surface area contributed by atoms with Gasteiger partial charge in [-0.2, -0.15) is 0 Å². The van der Waals surface area contributed by atoms with E-state index in [1.54, 1.807) is 11.9 Å². The van der Waals surface area contributed by atoms with Crippen LogP contribution < -0.4 is 0 Å². The summed E-state index contributed by atoms with van der Waals surface area (Å²) in [5.74, 6) is 0. The molecule has 0 unspecified atom stereocenters. The molecule has 143 valence electrons. The van der Waals surface area contributed by atoms with Crippen molar-refractivity contribution in [1.82, 2.24) is 4.90 Å². The minimum Gasteiger partial charge on any atom is -0.338 e. The summed E-state index contributed by atoms with van der Waals surface area (Å²) in [7, 11) is 1.81. The van der Waals surface area contributed by atoms with Gasteiger partial charge < -0.3 is 4.90 Å². The van der Waals surface area contributed by atoms with Crippen LogP contribution in [0.15, 0.2) is 0 Å². The Hall–Kier alpha value is -0.530. The maximum atomic E-state index is 10.3. The molecule has 1 amide bonds. The van der Waals surface area contributed by atoms with E-state index in [0.717, 1.165) is 13.0 Å². The van der Waals surface area contributed by atoms with E-state index in [1.807, 2.05) is 6.41 Å². The molecule has 0 aromatic carbocycles. The zero-order valence-electron chi connectivity index (χ0n) is 16.8. The van der Waals surface area contributed by atoms with Gasteiger partial charge in [-0.25, -0.2) is 0 Å². The van der Waals surface area contributed by atoms with Crippen molar-refractivity contribution in [2.24, 2.45) is 0 Å². The average Bonchev–Trinajstić information content (AvgIpc) is 2.60. The molecule has 0 heterocycles. The van der Waals surface area contributed by atoms with Gasteiger partial charge in [0.05, 0.1) is 0 Å². The fourth-order valence-corrected chi connectivity index (χ4v) is 3.30. The summed E-state index contributed by atoms with van der Waals surface area (Å²) in [6.45, 7) is 3.15. The van der Waals surface area contributed by atoms with E-state index in [-0.39, 0.29) is 0 Å². The van der Waals surface area contributed by atoms with Crippen LogP contribution in [0.4, 0.5) is 0 Å². The fourth-order valence-electron chi connectivity index (χ4n) is 3.30. The number of carbonyl (C=O) groups excluding carboxylic acids is 1. The van der Waals surface area contributed by atoms with Crippen LogP contribution in [-0.4, -0.2) is 24.9 Å². The molecule has 0 aromatic rings. The van der Waals surface area contributed by atoms with E-state index in [4.69, 9.17) is 0 Å². The number of unbranched alkanes of at least 4 members (excludes halogenated alkanes) is 17. The SMILES string of the molecule is CCCCCCCCCCCCCCCCCCCCN(C)[C]=O. The summed E-state index contributed by atoms with van der Waals surface area (Å²) in [5, 5.41) is 0. The van der Waals surface area contributed by atoms with Crippen molar-refractivity contribution in [3.8, 4) is 0 Å². The molecular formula is C22H44NO. The molecule has 0 saturated heterocycles. The highest BCUT2D eigenvalue weighted by atomic mass is 16.1. The molecule has 24 heavy (non-hydrogen) atoms. The monoisotopic (exact) mass is 338 g/mol. The maximum absolute atomic E-state index is 10.3. The largest absolute Gasteiger partial charge is 0.338 e. The second-order valence-corrected chi connectivity index (χ2v) is 7.52. The van der Waals surface area contributed by atoms with Crippen LogP contribution in [0.5, 0.6) is 0 Å². The van der Waals surface area contributed by atoms with Crippen LogP contribution in [0, 0.1) is 0 Å². The van der Waals surface area contributed by atoms with Gasteiger partial charge in [-0.1, -0.05) is 116 Å². The Labute approximate surface area is 152 Å². The first-order chi connectivity index (χ1) is 11.8. The first-order valence-corrected chi connectivity index (χ1v) is 10.9. The third-order valence-corrected chi connectivity index (χ3v) is 5.00. The van der Waals surface area contributed by atoms with E-state index < -0.39 is 0 Å². The van der Waals surface area contributed by atoms with Crippen molar-refractivity contribution >= 4 is 6.41 Å². The Morgan fingerprint density at radius 3 is 1.12 bits per heavy atom. The van der Waals surface area contributed by atoms with E-state index in [0.29, 0.717) is 0 Å². The number of rotatable bonds is 20. The molecule has 0 spiro atoms. The van der Waals surface area contributed by atoms with Gasteiger partial charge in [-0.3, -0.25) is 4.79 Å². The Kier molecular flexibility index (Phi) is 20.1. The fraction of sp³-hybridized carbons (Fsp3) is 0.955. The van der Waals surface area contributed by atoms with Crippen molar-refractivity contribution in [3.63, 3.8) is 0 Å². The van der Waals surface area contributed by atoms with Gasteiger partial charge in [0.15, 0.2) is 0 Å². The van der Waals surface area contributed by atoms with Crippen molar-refractivity contribution in [3.05, 3.63) is 0 Å². The number of hydrogen-bond acceptors (Lipinski definition) is 1. The lowest BCUT2D eigenvalue weighted by atomic mass is 10.0. The van der Waals surface area contributed by atoms with Gasteiger partial charge >= 0.3 is 6.41 Å². The van der Waals surface area contributed by atoms with Gasteiger partial charge in [0.2, 0.25) is 0 Å². The molecular weight excluding hydrogens is 294 g/mol. The van der Waals surface area contributed by atoms with Crippen LogP contribution in [0.1, 0.15) is 122 Å². The highest BCUT2D eigenvalue weighted by Crippen LogP contribution is 2.14. The topological polar surface area (TPSA) is 20.3 Å². The van der Waals surface area contributed by atoms with Crippen LogP contribution >= 0.6 is 0 Å². The maximum Gasteiger partial charge on any atom is 0.311 e. The first kappa shape index (κ1) is 23.5. The molecule has 2 heteroatoms. The molecule has 0 rings (SSSR count). The molecule has 0 aromatic heterocycles. The van der Waals surface area contributed by atoms with Crippen LogP contribution in [0.2, 0.25) is 0 Å². The summed E-state index contributed by atoms with van der Waals surface area (Å²) in [5.41, 5.74) is 0. The number of amides is 1. The van der Waals surface area contributed by atoms with Gasteiger partial charge in [0.1, 0.15) is 0 Å². The lowest BCUT2D eigenvalue weighted by molar-refractivity contribution is 0.417. The summed E-state index contributed by atoms with van der Waals surface area (Å²) in [6, 6.07) is 0. The molecule has 0 saturated carbocycles. The Balaban J connectivity index is 2.99. The summed E-state index contributed by atoms with van der Waals surface area (Å²) >= 11 is 0.